The standard InChI is InChI=1S/C22H19N3O3/c1-13(2)17-9-8-15(11-20(17)25(27)28)10-16(12-23)22(26)21-14(3)24-19-7-5-4-6-18(19)21/h4-11,13,24H,1-3H3/b16-10+. The number of ketones is 1. The topological polar surface area (TPSA) is 99.8 Å². The van der Waals surface area contributed by atoms with E-state index in [9.17, 15) is 20.2 Å². The van der Waals surface area contributed by atoms with Gasteiger partial charge in [0.25, 0.3) is 5.69 Å². The second-order valence-electron chi connectivity index (χ2n) is 6.90. The van der Waals surface area contributed by atoms with E-state index in [1.807, 2.05) is 44.2 Å². The first-order chi connectivity index (χ1) is 13.3. The van der Waals surface area contributed by atoms with E-state index < -0.39 is 10.7 Å². The normalized spacial score (nSPS) is 11.6. The summed E-state index contributed by atoms with van der Waals surface area (Å²) >= 11 is 0. The van der Waals surface area contributed by atoms with Gasteiger partial charge in [0, 0.05) is 28.2 Å². The molecule has 1 heterocycles. The number of nitro benzene ring substituents is 1. The molecule has 0 aliphatic carbocycles. The molecule has 3 aromatic rings. The van der Waals surface area contributed by atoms with Gasteiger partial charge < -0.3 is 4.98 Å². The third-order valence-corrected chi connectivity index (χ3v) is 4.67. The van der Waals surface area contributed by atoms with E-state index in [1.165, 1.54) is 12.1 Å². The summed E-state index contributed by atoms with van der Waals surface area (Å²) in [5, 5.41) is 21.7. The lowest BCUT2D eigenvalue weighted by Gasteiger charge is -2.07. The van der Waals surface area contributed by atoms with Crippen molar-refractivity contribution in [1.29, 1.82) is 5.26 Å². The number of benzene rings is 2. The van der Waals surface area contributed by atoms with Crippen LogP contribution in [-0.2, 0) is 0 Å². The molecule has 0 radical (unpaired) electrons. The molecule has 0 atom stereocenters. The van der Waals surface area contributed by atoms with Gasteiger partial charge in [-0.15, -0.1) is 0 Å². The van der Waals surface area contributed by atoms with Gasteiger partial charge in [-0.1, -0.05) is 44.2 Å². The number of hydrogen-bond acceptors (Lipinski definition) is 4. The highest BCUT2D eigenvalue weighted by Gasteiger charge is 2.21. The van der Waals surface area contributed by atoms with Crippen LogP contribution in [0.25, 0.3) is 17.0 Å². The van der Waals surface area contributed by atoms with Gasteiger partial charge in [0.1, 0.15) is 11.6 Å². The molecule has 0 fully saturated rings. The van der Waals surface area contributed by atoms with Crippen molar-refractivity contribution in [2.75, 3.05) is 0 Å². The number of nitrogens with one attached hydrogen (secondary N) is 1. The molecule has 2 aromatic carbocycles. The molecule has 0 aliphatic rings. The van der Waals surface area contributed by atoms with Gasteiger partial charge in [0.05, 0.1) is 10.5 Å². The van der Waals surface area contributed by atoms with Crippen LogP contribution in [0.5, 0.6) is 0 Å². The number of para-hydroxylation sites is 1. The highest BCUT2D eigenvalue weighted by molar-refractivity contribution is 6.20. The first-order valence-electron chi connectivity index (χ1n) is 8.85. The molecule has 0 aliphatic heterocycles. The SMILES string of the molecule is Cc1[nH]c2ccccc2c1C(=O)/C(C#N)=C/c1ccc(C(C)C)c([N+](=O)[O-])c1. The Kier molecular flexibility index (Phi) is 5.10. The third kappa shape index (κ3) is 3.42. The average Bonchev–Trinajstić information content (AvgIpc) is 3.00. The quantitative estimate of drug-likeness (QED) is 0.216. The fourth-order valence-corrected chi connectivity index (χ4v) is 3.32. The monoisotopic (exact) mass is 373 g/mol. The van der Waals surface area contributed by atoms with E-state index in [4.69, 9.17) is 0 Å². The molecule has 6 heteroatoms. The molecule has 0 unspecified atom stereocenters. The van der Waals surface area contributed by atoms with Gasteiger partial charge in [-0.05, 0) is 30.5 Å². The molecule has 1 N–H and O–H groups in total. The molecule has 140 valence electrons. The van der Waals surface area contributed by atoms with Gasteiger partial charge in [-0.2, -0.15) is 5.26 Å². The van der Waals surface area contributed by atoms with E-state index >= 15 is 0 Å². The first kappa shape index (κ1) is 19.1. The Labute approximate surface area is 162 Å². The maximum absolute atomic E-state index is 13.0. The molecule has 6 nitrogen and oxygen atoms in total. The predicted molar refractivity (Wildman–Crippen MR) is 108 cm³/mol. The lowest BCUT2D eigenvalue weighted by atomic mass is 9.96. The molecular formula is C22H19N3O3. The summed E-state index contributed by atoms with van der Waals surface area (Å²) in [7, 11) is 0. The molecule has 0 bridgehead atoms. The number of hydrogen-bond donors (Lipinski definition) is 1. The zero-order chi connectivity index (χ0) is 20.4. The summed E-state index contributed by atoms with van der Waals surface area (Å²) in [5.41, 5.74) is 2.90. The third-order valence-electron chi connectivity index (χ3n) is 4.67. The van der Waals surface area contributed by atoms with E-state index in [0.717, 1.165) is 10.9 Å². The van der Waals surface area contributed by atoms with Crippen molar-refractivity contribution in [2.24, 2.45) is 0 Å². The van der Waals surface area contributed by atoms with E-state index in [1.54, 1.807) is 19.1 Å². The van der Waals surface area contributed by atoms with Gasteiger partial charge in [-0.25, -0.2) is 0 Å². The van der Waals surface area contributed by atoms with E-state index in [-0.39, 0.29) is 17.2 Å². The van der Waals surface area contributed by atoms with Crippen LogP contribution in [0.4, 0.5) is 5.69 Å². The van der Waals surface area contributed by atoms with Crippen LogP contribution in [0.3, 0.4) is 0 Å². The number of carbonyl (C=O) groups is 1. The molecular weight excluding hydrogens is 354 g/mol. The van der Waals surface area contributed by atoms with E-state index in [0.29, 0.717) is 22.4 Å². The maximum atomic E-state index is 13.0. The maximum Gasteiger partial charge on any atom is 0.273 e. The second kappa shape index (κ2) is 7.49. The minimum atomic E-state index is -0.440. The predicted octanol–water partition coefficient (Wildman–Crippen LogP) is 5.30. The smallest absolute Gasteiger partial charge is 0.273 e. The number of rotatable bonds is 5. The number of H-pyrrole nitrogens is 1. The number of allylic oxidation sites excluding steroid dienone is 1. The largest absolute Gasteiger partial charge is 0.358 e. The summed E-state index contributed by atoms with van der Waals surface area (Å²) in [6, 6.07) is 14.1. The van der Waals surface area contributed by atoms with Crippen molar-refractivity contribution >= 4 is 28.4 Å². The Morgan fingerprint density at radius 1 is 1.25 bits per heavy atom. The average molecular weight is 373 g/mol. The van der Waals surface area contributed by atoms with Crippen LogP contribution < -0.4 is 0 Å². The number of aromatic amines is 1. The summed E-state index contributed by atoms with van der Waals surface area (Å²) in [4.78, 5) is 27.1. The number of nitriles is 1. The van der Waals surface area contributed by atoms with Crippen molar-refractivity contribution in [1.82, 2.24) is 4.98 Å². The van der Waals surface area contributed by atoms with Gasteiger partial charge in [-0.3, -0.25) is 14.9 Å². The van der Waals surface area contributed by atoms with Crippen molar-refractivity contribution in [3.05, 3.63) is 80.5 Å². The Balaban J connectivity index is 2.08. The molecule has 0 amide bonds. The summed E-state index contributed by atoms with van der Waals surface area (Å²) in [6.45, 7) is 5.54. The number of aromatic nitrogens is 1. The first-order valence-corrected chi connectivity index (χ1v) is 8.85. The van der Waals surface area contributed by atoms with Crippen LogP contribution in [0.2, 0.25) is 0 Å². The molecule has 0 saturated carbocycles. The lowest BCUT2D eigenvalue weighted by molar-refractivity contribution is -0.385. The summed E-state index contributed by atoms with van der Waals surface area (Å²) in [6.07, 6.45) is 1.40. The molecule has 28 heavy (non-hydrogen) atoms. The van der Waals surface area contributed by atoms with Crippen molar-refractivity contribution < 1.29 is 9.72 Å². The number of Topliss-reactive ketones (excluding diaryl/α,β-unsaturated/α-hetero) is 1. The minimum absolute atomic E-state index is 0.00984. The highest BCUT2D eigenvalue weighted by Crippen LogP contribution is 2.29. The zero-order valence-corrected chi connectivity index (χ0v) is 15.8. The molecule has 0 saturated heterocycles. The van der Waals surface area contributed by atoms with Crippen LogP contribution in [0.15, 0.2) is 48.0 Å². The summed E-state index contributed by atoms with van der Waals surface area (Å²) in [5.74, 6) is -0.419. The van der Waals surface area contributed by atoms with Crippen LogP contribution in [0, 0.1) is 28.4 Å². The number of fused-ring (bicyclic) bond motifs is 1. The number of nitrogens with zero attached hydrogens (tertiary/aromatic N) is 2. The Morgan fingerprint density at radius 2 is 1.96 bits per heavy atom. The van der Waals surface area contributed by atoms with Crippen molar-refractivity contribution in [3.8, 4) is 6.07 Å². The van der Waals surface area contributed by atoms with Gasteiger partial charge in [0.2, 0.25) is 5.78 Å². The van der Waals surface area contributed by atoms with Crippen LogP contribution in [-0.4, -0.2) is 15.7 Å². The molecule has 0 spiro atoms. The van der Waals surface area contributed by atoms with Gasteiger partial charge in [0.15, 0.2) is 0 Å². The fourth-order valence-electron chi connectivity index (χ4n) is 3.32. The molecule has 3 rings (SSSR count). The van der Waals surface area contributed by atoms with Crippen LogP contribution in [0.1, 0.15) is 46.9 Å². The second-order valence-corrected chi connectivity index (χ2v) is 6.90. The van der Waals surface area contributed by atoms with Crippen molar-refractivity contribution in [2.45, 2.75) is 26.7 Å². The Bertz CT molecular complexity index is 1160. The van der Waals surface area contributed by atoms with Crippen LogP contribution >= 0.6 is 0 Å². The number of carbonyl (C=O) groups excluding carboxylic acids is 1. The molecule has 1 aromatic heterocycles. The number of aryl methyl sites for hydroxylation is 1. The van der Waals surface area contributed by atoms with Gasteiger partial charge >= 0.3 is 0 Å². The Hall–Kier alpha value is -3.72. The zero-order valence-electron chi connectivity index (χ0n) is 15.8. The van der Waals surface area contributed by atoms with E-state index in [2.05, 4.69) is 4.98 Å². The Morgan fingerprint density at radius 3 is 2.61 bits per heavy atom. The fraction of sp³-hybridized carbons (Fsp3) is 0.182. The van der Waals surface area contributed by atoms with Crippen molar-refractivity contribution in [3.63, 3.8) is 0 Å². The minimum Gasteiger partial charge on any atom is -0.358 e. The lowest BCUT2D eigenvalue weighted by Crippen LogP contribution is -2.03. The number of nitro groups is 1. The highest BCUT2D eigenvalue weighted by atomic mass is 16.6. The summed E-state index contributed by atoms with van der Waals surface area (Å²) < 4.78 is 0.